The fraction of sp³-hybridized carbons (Fsp3) is 0.529. The summed E-state index contributed by atoms with van der Waals surface area (Å²) in [5.74, 6) is -0.0680. The highest BCUT2D eigenvalue weighted by Crippen LogP contribution is 2.27. The molecule has 1 aliphatic rings. The number of primary amides is 1. The molecule has 120 valence electrons. The van der Waals surface area contributed by atoms with Crippen molar-refractivity contribution < 1.29 is 9.59 Å². The highest BCUT2D eigenvalue weighted by atomic mass is 16.2. The average molecular weight is 303 g/mol. The first kappa shape index (κ1) is 16.3. The van der Waals surface area contributed by atoms with Gasteiger partial charge in [-0.3, -0.25) is 9.59 Å². The first-order valence-corrected chi connectivity index (χ1v) is 7.96. The smallest absolute Gasteiger partial charge is 0.224 e. The van der Waals surface area contributed by atoms with Crippen LogP contribution in [0.1, 0.15) is 44.1 Å². The minimum absolute atomic E-state index is 0.0680. The van der Waals surface area contributed by atoms with Gasteiger partial charge in [-0.2, -0.15) is 0 Å². The number of anilines is 1. The summed E-state index contributed by atoms with van der Waals surface area (Å²) >= 11 is 0. The summed E-state index contributed by atoms with van der Waals surface area (Å²) in [6.45, 7) is 0. The maximum absolute atomic E-state index is 12.2. The SMILES string of the molecule is NC(=O)CC(NC(=O)Cc1ccc(N)cc1)C1CCCCC1. The van der Waals surface area contributed by atoms with E-state index in [1.54, 1.807) is 12.1 Å². The minimum Gasteiger partial charge on any atom is -0.399 e. The van der Waals surface area contributed by atoms with Gasteiger partial charge in [0.2, 0.25) is 11.8 Å². The van der Waals surface area contributed by atoms with Crippen LogP contribution in [-0.2, 0) is 16.0 Å². The minimum atomic E-state index is -0.358. The highest BCUT2D eigenvalue weighted by Gasteiger charge is 2.26. The first-order valence-electron chi connectivity index (χ1n) is 7.96. The molecule has 0 bridgehead atoms. The average Bonchev–Trinajstić information content (AvgIpc) is 2.49. The van der Waals surface area contributed by atoms with Gasteiger partial charge in [-0.05, 0) is 36.5 Å². The Hall–Kier alpha value is -2.04. The molecule has 1 saturated carbocycles. The predicted molar refractivity (Wildman–Crippen MR) is 86.9 cm³/mol. The van der Waals surface area contributed by atoms with Crippen molar-refractivity contribution in [1.29, 1.82) is 0 Å². The highest BCUT2D eigenvalue weighted by molar-refractivity contribution is 5.80. The quantitative estimate of drug-likeness (QED) is 0.698. The normalized spacial score (nSPS) is 16.9. The Morgan fingerprint density at radius 2 is 1.77 bits per heavy atom. The number of nitrogen functional groups attached to an aromatic ring is 1. The third-order valence-corrected chi connectivity index (χ3v) is 4.33. The molecule has 1 unspecified atom stereocenters. The first-order chi connectivity index (χ1) is 10.5. The third kappa shape index (κ3) is 5.06. The third-order valence-electron chi connectivity index (χ3n) is 4.33. The van der Waals surface area contributed by atoms with Gasteiger partial charge in [0.05, 0.1) is 6.42 Å². The van der Waals surface area contributed by atoms with Crippen molar-refractivity contribution in [2.45, 2.75) is 51.0 Å². The van der Waals surface area contributed by atoms with Gasteiger partial charge >= 0.3 is 0 Å². The molecule has 1 fully saturated rings. The Bertz CT molecular complexity index is 507. The van der Waals surface area contributed by atoms with Gasteiger partial charge in [0, 0.05) is 18.2 Å². The van der Waals surface area contributed by atoms with Gasteiger partial charge in [0.15, 0.2) is 0 Å². The number of carbonyl (C=O) groups excluding carboxylic acids is 2. The van der Waals surface area contributed by atoms with Gasteiger partial charge in [-0.25, -0.2) is 0 Å². The summed E-state index contributed by atoms with van der Waals surface area (Å²) in [5, 5.41) is 3.01. The summed E-state index contributed by atoms with van der Waals surface area (Å²) < 4.78 is 0. The molecule has 0 spiro atoms. The maximum Gasteiger partial charge on any atom is 0.224 e. The molecule has 0 aliphatic heterocycles. The summed E-state index contributed by atoms with van der Waals surface area (Å²) in [4.78, 5) is 23.5. The summed E-state index contributed by atoms with van der Waals surface area (Å²) in [6, 6.07) is 7.12. The van der Waals surface area contributed by atoms with Crippen LogP contribution in [-0.4, -0.2) is 17.9 Å². The molecule has 2 amide bonds. The molecule has 1 atom stereocenters. The maximum atomic E-state index is 12.2. The van der Waals surface area contributed by atoms with E-state index in [4.69, 9.17) is 11.5 Å². The molecule has 0 radical (unpaired) electrons. The monoisotopic (exact) mass is 303 g/mol. The molecule has 0 saturated heterocycles. The Balaban J connectivity index is 1.94. The molecular weight excluding hydrogens is 278 g/mol. The van der Waals surface area contributed by atoms with E-state index < -0.39 is 0 Å². The summed E-state index contributed by atoms with van der Waals surface area (Å²) in [6.07, 6.45) is 6.18. The summed E-state index contributed by atoms with van der Waals surface area (Å²) in [7, 11) is 0. The van der Waals surface area contributed by atoms with E-state index >= 15 is 0 Å². The van der Waals surface area contributed by atoms with Crippen LogP contribution in [0.2, 0.25) is 0 Å². The van der Waals surface area contributed by atoms with Crippen molar-refractivity contribution in [2.24, 2.45) is 11.7 Å². The lowest BCUT2D eigenvalue weighted by atomic mass is 9.82. The number of hydrogen-bond acceptors (Lipinski definition) is 3. The zero-order valence-corrected chi connectivity index (χ0v) is 12.9. The summed E-state index contributed by atoms with van der Waals surface area (Å²) in [5.41, 5.74) is 12.6. The van der Waals surface area contributed by atoms with Crippen molar-refractivity contribution >= 4 is 17.5 Å². The fourth-order valence-corrected chi connectivity index (χ4v) is 3.17. The van der Waals surface area contributed by atoms with E-state index in [2.05, 4.69) is 5.32 Å². The van der Waals surface area contributed by atoms with Gasteiger partial charge < -0.3 is 16.8 Å². The molecule has 1 aromatic rings. The zero-order valence-electron chi connectivity index (χ0n) is 12.9. The molecule has 5 nitrogen and oxygen atoms in total. The van der Waals surface area contributed by atoms with E-state index in [1.807, 2.05) is 12.1 Å². The number of amides is 2. The van der Waals surface area contributed by atoms with Crippen molar-refractivity contribution in [1.82, 2.24) is 5.32 Å². The van der Waals surface area contributed by atoms with Crippen LogP contribution in [0.15, 0.2) is 24.3 Å². The molecule has 2 rings (SSSR count). The molecule has 5 N–H and O–H groups in total. The van der Waals surface area contributed by atoms with Gasteiger partial charge in [0.25, 0.3) is 0 Å². The Kier molecular flexibility index (Phi) is 5.81. The molecule has 1 aliphatic carbocycles. The molecular formula is C17H25N3O2. The van der Waals surface area contributed by atoms with Crippen molar-refractivity contribution in [3.63, 3.8) is 0 Å². The van der Waals surface area contributed by atoms with Crippen LogP contribution in [0.25, 0.3) is 0 Å². The van der Waals surface area contributed by atoms with Gasteiger partial charge in [-0.15, -0.1) is 0 Å². The van der Waals surface area contributed by atoms with Crippen molar-refractivity contribution in [2.75, 3.05) is 5.73 Å². The second-order valence-corrected chi connectivity index (χ2v) is 6.16. The van der Waals surface area contributed by atoms with Crippen LogP contribution < -0.4 is 16.8 Å². The van der Waals surface area contributed by atoms with Crippen LogP contribution in [0, 0.1) is 5.92 Å². The van der Waals surface area contributed by atoms with Gasteiger partial charge in [-0.1, -0.05) is 31.4 Å². The topological polar surface area (TPSA) is 98.2 Å². The molecule has 5 heteroatoms. The van der Waals surface area contributed by atoms with Gasteiger partial charge in [0.1, 0.15) is 0 Å². The molecule has 1 aromatic carbocycles. The number of rotatable bonds is 6. The van der Waals surface area contributed by atoms with Crippen LogP contribution >= 0.6 is 0 Å². The molecule has 0 aromatic heterocycles. The Labute approximate surface area is 131 Å². The number of benzene rings is 1. The lowest BCUT2D eigenvalue weighted by Gasteiger charge is -2.30. The van der Waals surface area contributed by atoms with Crippen molar-refractivity contribution in [3.8, 4) is 0 Å². The molecule has 0 heterocycles. The van der Waals surface area contributed by atoms with E-state index in [0.29, 0.717) is 18.0 Å². The second-order valence-electron chi connectivity index (χ2n) is 6.16. The number of nitrogens with two attached hydrogens (primary N) is 2. The standard InChI is InChI=1S/C17H25N3O2/c18-14-8-6-12(7-9-14)10-17(22)20-15(11-16(19)21)13-4-2-1-3-5-13/h6-9,13,15H,1-5,10-11,18H2,(H2,19,21)(H,20,22). The molecule has 22 heavy (non-hydrogen) atoms. The zero-order chi connectivity index (χ0) is 15.9. The van der Waals surface area contributed by atoms with E-state index in [1.165, 1.54) is 6.42 Å². The largest absolute Gasteiger partial charge is 0.399 e. The predicted octanol–water partition coefficient (Wildman–Crippen LogP) is 1.75. The number of carbonyl (C=O) groups is 2. The lowest BCUT2D eigenvalue weighted by Crippen LogP contribution is -2.44. The van der Waals surface area contributed by atoms with Crippen molar-refractivity contribution in [3.05, 3.63) is 29.8 Å². The van der Waals surface area contributed by atoms with E-state index in [0.717, 1.165) is 31.2 Å². The Morgan fingerprint density at radius 1 is 1.14 bits per heavy atom. The van der Waals surface area contributed by atoms with E-state index in [9.17, 15) is 9.59 Å². The van der Waals surface area contributed by atoms with E-state index in [-0.39, 0.29) is 24.3 Å². The van der Waals surface area contributed by atoms with Crippen LogP contribution in [0.5, 0.6) is 0 Å². The Morgan fingerprint density at radius 3 is 2.36 bits per heavy atom. The number of nitrogens with one attached hydrogen (secondary N) is 1. The van der Waals surface area contributed by atoms with Crippen LogP contribution in [0.4, 0.5) is 5.69 Å². The van der Waals surface area contributed by atoms with Crippen LogP contribution in [0.3, 0.4) is 0 Å². The fourth-order valence-electron chi connectivity index (χ4n) is 3.17. The number of hydrogen-bond donors (Lipinski definition) is 3. The second kappa shape index (κ2) is 7.82. The lowest BCUT2D eigenvalue weighted by molar-refractivity contribution is -0.122.